The SMILES string of the molecule is CC(C)Oc1cnn(-c2ccccc2C(N)=S)c1. The van der Waals surface area contributed by atoms with Gasteiger partial charge in [-0.3, -0.25) is 0 Å². The van der Waals surface area contributed by atoms with Gasteiger partial charge >= 0.3 is 0 Å². The zero-order chi connectivity index (χ0) is 13.1. The Morgan fingerprint density at radius 2 is 2.11 bits per heavy atom. The molecule has 0 spiro atoms. The smallest absolute Gasteiger partial charge is 0.158 e. The van der Waals surface area contributed by atoms with Crippen LogP contribution < -0.4 is 10.5 Å². The molecule has 1 heterocycles. The van der Waals surface area contributed by atoms with E-state index in [0.717, 1.165) is 17.0 Å². The van der Waals surface area contributed by atoms with Crippen LogP contribution in [-0.2, 0) is 0 Å². The molecule has 2 aromatic rings. The molecule has 1 aromatic carbocycles. The van der Waals surface area contributed by atoms with Crippen molar-refractivity contribution in [1.82, 2.24) is 9.78 Å². The van der Waals surface area contributed by atoms with Gasteiger partial charge in [-0.2, -0.15) is 5.10 Å². The van der Waals surface area contributed by atoms with Crippen molar-refractivity contribution in [3.63, 3.8) is 0 Å². The molecule has 0 radical (unpaired) electrons. The fourth-order valence-electron chi connectivity index (χ4n) is 1.65. The number of thiocarbonyl (C=S) groups is 1. The maximum absolute atomic E-state index is 5.70. The van der Waals surface area contributed by atoms with Crippen molar-refractivity contribution < 1.29 is 4.74 Å². The molecule has 4 nitrogen and oxygen atoms in total. The van der Waals surface area contributed by atoms with E-state index in [1.807, 2.05) is 44.3 Å². The van der Waals surface area contributed by atoms with Gasteiger partial charge in [0.1, 0.15) is 4.99 Å². The van der Waals surface area contributed by atoms with Crippen molar-refractivity contribution in [3.05, 3.63) is 42.2 Å². The monoisotopic (exact) mass is 261 g/mol. The van der Waals surface area contributed by atoms with Crippen molar-refractivity contribution >= 4 is 17.2 Å². The van der Waals surface area contributed by atoms with E-state index >= 15 is 0 Å². The Hall–Kier alpha value is -1.88. The number of rotatable bonds is 4. The minimum Gasteiger partial charge on any atom is -0.488 e. The van der Waals surface area contributed by atoms with Crippen molar-refractivity contribution in [3.8, 4) is 11.4 Å². The molecule has 0 aliphatic carbocycles. The van der Waals surface area contributed by atoms with Crippen LogP contribution in [-0.4, -0.2) is 20.9 Å². The molecule has 1 aromatic heterocycles. The number of ether oxygens (including phenoxy) is 1. The maximum Gasteiger partial charge on any atom is 0.158 e. The summed E-state index contributed by atoms with van der Waals surface area (Å²) in [4.78, 5) is 0.354. The topological polar surface area (TPSA) is 53.1 Å². The number of aromatic nitrogens is 2. The fourth-order valence-corrected chi connectivity index (χ4v) is 1.83. The van der Waals surface area contributed by atoms with Gasteiger partial charge in [0.15, 0.2) is 5.75 Å². The number of hydrogen-bond donors (Lipinski definition) is 1. The molecule has 0 saturated carbocycles. The van der Waals surface area contributed by atoms with Gasteiger partial charge in [-0.15, -0.1) is 0 Å². The molecule has 0 atom stereocenters. The van der Waals surface area contributed by atoms with E-state index in [2.05, 4.69) is 5.10 Å². The molecule has 0 saturated heterocycles. The summed E-state index contributed by atoms with van der Waals surface area (Å²) in [6.07, 6.45) is 3.61. The summed E-state index contributed by atoms with van der Waals surface area (Å²) in [5, 5.41) is 4.26. The molecule has 5 heteroatoms. The van der Waals surface area contributed by atoms with Crippen LogP contribution in [0.5, 0.6) is 5.75 Å². The Morgan fingerprint density at radius 3 is 2.78 bits per heavy atom. The number of hydrogen-bond acceptors (Lipinski definition) is 3. The molecule has 2 N–H and O–H groups in total. The first-order chi connectivity index (χ1) is 8.58. The normalized spacial score (nSPS) is 10.6. The third-order valence-corrected chi connectivity index (χ3v) is 2.57. The molecular weight excluding hydrogens is 246 g/mol. The van der Waals surface area contributed by atoms with Crippen LogP contribution in [0.3, 0.4) is 0 Å². The Balaban J connectivity index is 2.37. The highest BCUT2D eigenvalue weighted by atomic mass is 32.1. The predicted octanol–water partition coefficient (Wildman–Crippen LogP) is 2.29. The zero-order valence-corrected chi connectivity index (χ0v) is 11.1. The van der Waals surface area contributed by atoms with E-state index in [-0.39, 0.29) is 6.10 Å². The lowest BCUT2D eigenvalue weighted by Crippen LogP contribution is -2.13. The minimum absolute atomic E-state index is 0.119. The number of para-hydroxylation sites is 1. The van der Waals surface area contributed by atoms with Crippen molar-refractivity contribution in [2.24, 2.45) is 5.73 Å². The van der Waals surface area contributed by atoms with E-state index in [0.29, 0.717) is 4.99 Å². The number of nitrogens with zero attached hydrogens (tertiary/aromatic N) is 2. The summed E-state index contributed by atoms with van der Waals surface area (Å²) in [6.45, 7) is 3.95. The Bertz CT molecular complexity index is 563. The largest absolute Gasteiger partial charge is 0.488 e. The predicted molar refractivity (Wildman–Crippen MR) is 75.2 cm³/mol. The first-order valence-corrected chi connectivity index (χ1v) is 6.09. The van der Waals surface area contributed by atoms with Crippen LogP contribution in [0.25, 0.3) is 5.69 Å². The third kappa shape index (κ3) is 2.68. The summed E-state index contributed by atoms with van der Waals surface area (Å²) in [6, 6.07) is 7.61. The van der Waals surface area contributed by atoms with Crippen LogP contribution in [0.15, 0.2) is 36.7 Å². The summed E-state index contributed by atoms with van der Waals surface area (Å²) >= 11 is 5.03. The van der Waals surface area contributed by atoms with Crippen molar-refractivity contribution in [1.29, 1.82) is 0 Å². The Labute approximate surface area is 111 Å². The lowest BCUT2D eigenvalue weighted by molar-refractivity contribution is 0.242. The molecule has 18 heavy (non-hydrogen) atoms. The van der Waals surface area contributed by atoms with Crippen LogP contribution in [0, 0.1) is 0 Å². The van der Waals surface area contributed by atoms with Crippen LogP contribution >= 0.6 is 12.2 Å². The standard InChI is InChI=1S/C13H15N3OS/c1-9(2)17-10-7-15-16(8-10)12-6-4-3-5-11(12)13(14)18/h3-9H,1-2H3,(H2,14,18). The van der Waals surface area contributed by atoms with Crippen LogP contribution in [0.4, 0.5) is 0 Å². The molecular formula is C13H15N3OS. The fraction of sp³-hybridized carbons (Fsp3) is 0.231. The second-order valence-corrected chi connectivity index (χ2v) is 4.61. The summed E-state index contributed by atoms with van der Waals surface area (Å²) < 4.78 is 7.28. The number of nitrogens with two attached hydrogens (primary N) is 1. The molecule has 2 rings (SSSR count). The molecule has 0 aliphatic rings. The van der Waals surface area contributed by atoms with E-state index in [1.165, 1.54) is 0 Å². The average molecular weight is 261 g/mol. The molecule has 94 valence electrons. The van der Waals surface area contributed by atoms with Gasteiger partial charge in [0.2, 0.25) is 0 Å². The Kier molecular flexibility index (Phi) is 3.62. The molecule has 0 aliphatic heterocycles. The molecule has 0 bridgehead atoms. The third-order valence-electron chi connectivity index (χ3n) is 2.35. The summed E-state index contributed by atoms with van der Waals surface area (Å²) in [5.74, 6) is 0.725. The lowest BCUT2D eigenvalue weighted by Gasteiger charge is -2.08. The summed E-state index contributed by atoms with van der Waals surface area (Å²) in [5.41, 5.74) is 7.35. The van der Waals surface area contributed by atoms with Gasteiger partial charge in [0.05, 0.1) is 24.2 Å². The quantitative estimate of drug-likeness (QED) is 0.858. The van der Waals surface area contributed by atoms with Crippen LogP contribution in [0.2, 0.25) is 0 Å². The van der Waals surface area contributed by atoms with Gasteiger partial charge in [-0.25, -0.2) is 4.68 Å². The van der Waals surface area contributed by atoms with E-state index in [4.69, 9.17) is 22.7 Å². The first kappa shape index (κ1) is 12.6. The van der Waals surface area contributed by atoms with Gasteiger partial charge in [-0.05, 0) is 26.0 Å². The summed E-state index contributed by atoms with van der Waals surface area (Å²) in [7, 11) is 0. The first-order valence-electron chi connectivity index (χ1n) is 5.68. The van der Waals surface area contributed by atoms with Crippen molar-refractivity contribution in [2.45, 2.75) is 20.0 Å². The Morgan fingerprint density at radius 1 is 1.39 bits per heavy atom. The van der Waals surface area contributed by atoms with E-state index in [9.17, 15) is 0 Å². The second-order valence-electron chi connectivity index (χ2n) is 4.17. The average Bonchev–Trinajstić information content (AvgIpc) is 2.76. The number of benzene rings is 1. The van der Waals surface area contributed by atoms with Gasteiger partial charge in [0.25, 0.3) is 0 Å². The zero-order valence-electron chi connectivity index (χ0n) is 10.3. The highest BCUT2D eigenvalue weighted by Crippen LogP contribution is 2.18. The van der Waals surface area contributed by atoms with Crippen molar-refractivity contribution in [2.75, 3.05) is 0 Å². The highest BCUT2D eigenvalue weighted by molar-refractivity contribution is 7.80. The van der Waals surface area contributed by atoms with Crippen LogP contribution in [0.1, 0.15) is 19.4 Å². The van der Waals surface area contributed by atoms with E-state index in [1.54, 1.807) is 10.9 Å². The van der Waals surface area contributed by atoms with Gasteiger partial charge < -0.3 is 10.5 Å². The lowest BCUT2D eigenvalue weighted by atomic mass is 10.2. The molecule has 0 fully saturated rings. The van der Waals surface area contributed by atoms with Gasteiger partial charge in [0, 0.05) is 5.56 Å². The molecule has 0 unspecified atom stereocenters. The molecule has 0 amide bonds. The van der Waals surface area contributed by atoms with E-state index < -0.39 is 0 Å². The van der Waals surface area contributed by atoms with Gasteiger partial charge in [-0.1, -0.05) is 24.4 Å². The maximum atomic E-state index is 5.70. The highest BCUT2D eigenvalue weighted by Gasteiger charge is 2.08. The second kappa shape index (κ2) is 5.18. The minimum atomic E-state index is 0.119.